The average molecular weight is 574 g/mol. The number of rotatable bonds is 0. The highest BCUT2D eigenvalue weighted by atomic mass is 79.9. The number of furan rings is 1. The zero-order valence-electron chi connectivity index (χ0n) is 21.3. The van der Waals surface area contributed by atoms with Crippen LogP contribution in [0.25, 0.3) is 60.6 Å². The van der Waals surface area contributed by atoms with Crippen molar-refractivity contribution in [2.24, 2.45) is 0 Å². The molecule has 0 fully saturated rings. The number of para-hydroxylation sites is 3. The maximum absolute atomic E-state index is 6.61. The first kappa shape index (κ1) is 21.2. The summed E-state index contributed by atoms with van der Waals surface area (Å²) in [5, 5.41) is 4.73. The first-order chi connectivity index (χ1) is 19.8. The van der Waals surface area contributed by atoms with Gasteiger partial charge in [0.2, 0.25) is 0 Å². The second-order valence-corrected chi connectivity index (χ2v) is 11.9. The number of fused-ring (bicyclic) bond motifs is 16. The first-order valence-electron chi connectivity index (χ1n) is 13.6. The van der Waals surface area contributed by atoms with Gasteiger partial charge in [0.25, 0.3) is 0 Å². The monoisotopic (exact) mass is 573 g/mol. The van der Waals surface area contributed by atoms with Gasteiger partial charge in [-0.3, -0.25) is 0 Å². The van der Waals surface area contributed by atoms with Crippen LogP contribution in [0, 0.1) is 0 Å². The third kappa shape index (κ3) is 2.27. The second-order valence-electron chi connectivity index (χ2n) is 11.0. The van der Waals surface area contributed by atoms with Crippen LogP contribution < -0.4 is 0 Å². The molecule has 8 aromatic rings. The first-order valence-corrected chi connectivity index (χ1v) is 14.4. The quantitative estimate of drug-likeness (QED) is 0.176. The van der Waals surface area contributed by atoms with Crippen LogP contribution in [-0.2, 0) is 5.41 Å². The van der Waals surface area contributed by atoms with Crippen molar-refractivity contribution in [2.75, 3.05) is 0 Å². The van der Waals surface area contributed by atoms with E-state index < -0.39 is 5.41 Å². The van der Waals surface area contributed by atoms with Crippen molar-refractivity contribution < 1.29 is 4.42 Å². The zero-order chi connectivity index (χ0) is 26.2. The summed E-state index contributed by atoms with van der Waals surface area (Å²) in [6.45, 7) is 0. The minimum Gasteiger partial charge on any atom is -0.455 e. The maximum atomic E-state index is 6.61. The van der Waals surface area contributed by atoms with Crippen LogP contribution in [0.4, 0.5) is 0 Å². The largest absolute Gasteiger partial charge is 0.455 e. The standard InChI is InChI=1S/C37H20BrNO/c38-21-16-17-23-22-8-1-3-11-27(22)37(30(23)20-21)28-12-4-5-14-31(28)39-32-19-18-25-24-9-2-6-15-33(24)40-36(25)34(32)26-10-7-13-29(37)35(26)39/h1-20H. The molecule has 186 valence electrons. The van der Waals surface area contributed by atoms with Crippen molar-refractivity contribution >= 4 is 59.7 Å². The number of aromatic nitrogens is 1. The molecule has 10 rings (SSSR count). The Morgan fingerprint density at radius 3 is 2.27 bits per heavy atom. The van der Waals surface area contributed by atoms with Crippen molar-refractivity contribution in [1.82, 2.24) is 4.57 Å². The van der Waals surface area contributed by atoms with Crippen molar-refractivity contribution in [3.8, 4) is 16.8 Å². The lowest BCUT2D eigenvalue weighted by Gasteiger charge is -2.39. The summed E-state index contributed by atoms with van der Waals surface area (Å²) < 4.78 is 10.2. The van der Waals surface area contributed by atoms with Crippen molar-refractivity contribution in [3.05, 3.63) is 148 Å². The predicted molar refractivity (Wildman–Crippen MR) is 167 cm³/mol. The van der Waals surface area contributed by atoms with Gasteiger partial charge in [-0.2, -0.15) is 0 Å². The summed E-state index contributed by atoms with van der Waals surface area (Å²) in [7, 11) is 0. The van der Waals surface area contributed by atoms with Gasteiger partial charge >= 0.3 is 0 Å². The molecule has 0 N–H and O–H groups in total. The summed E-state index contributed by atoms with van der Waals surface area (Å²) >= 11 is 3.82. The Morgan fingerprint density at radius 1 is 0.575 bits per heavy atom. The van der Waals surface area contributed by atoms with E-state index in [1.165, 1.54) is 60.9 Å². The van der Waals surface area contributed by atoms with Gasteiger partial charge in [-0.1, -0.05) is 101 Å². The second kappa shape index (κ2) is 7.12. The Hall–Kier alpha value is -4.60. The Morgan fingerprint density at radius 2 is 1.32 bits per heavy atom. The molecule has 1 unspecified atom stereocenters. The summed E-state index contributed by atoms with van der Waals surface area (Å²) in [6, 6.07) is 44.4. The number of hydrogen-bond acceptors (Lipinski definition) is 1. The lowest BCUT2D eigenvalue weighted by Crippen LogP contribution is -2.33. The minimum atomic E-state index is -0.427. The van der Waals surface area contributed by atoms with Crippen molar-refractivity contribution in [2.45, 2.75) is 5.41 Å². The zero-order valence-corrected chi connectivity index (χ0v) is 22.9. The molecule has 0 radical (unpaired) electrons. The van der Waals surface area contributed by atoms with Crippen LogP contribution in [0.1, 0.15) is 22.3 Å². The molecule has 0 bridgehead atoms. The van der Waals surface area contributed by atoms with E-state index in [0.717, 1.165) is 26.4 Å². The van der Waals surface area contributed by atoms with E-state index in [1.807, 2.05) is 6.07 Å². The van der Waals surface area contributed by atoms with E-state index in [0.29, 0.717) is 0 Å². The van der Waals surface area contributed by atoms with Crippen LogP contribution in [-0.4, -0.2) is 4.57 Å². The molecule has 1 spiro atoms. The minimum absolute atomic E-state index is 0.427. The fraction of sp³-hybridized carbons (Fsp3) is 0.0270. The molecule has 0 amide bonds. The van der Waals surface area contributed by atoms with Gasteiger partial charge in [-0.25, -0.2) is 0 Å². The van der Waals surface area contributed by atoms with Gasteiger partial charge in [0.05, 0.1) is 27.5 Å². The topological polar surface area (TPSA) is 18.1 Å². The average Bonchev–Trinajstić information content (AvgIpc) is 3.63. The van der Waals surface area contributed by atoms with E-state index in [1.54, 1.807) is 0 Å². The fourth-order valence-electron chi connectivity index (χ4n) is 7.85. The fourth-order valence-corrected chi connectivity index (χ4v) is 8.21. The summed E-state index contributed by atoms with van der Waals surface area (Å²) in [5.74, 6) is 0. The van der Waals surface area contributed by atoms with Gasteiger partial charge in [0.1, 0.15) is 11.2 Å². The number of benzene rings is 6. The number of hydrogen-bond donors (Lipinski definition) is 0. The van der Waals surface area contributed by atoms with E-state index in [-0.39, 0.29) is 0 Å². The SMILES string of the molecule is Brc1ccc2c(c1)C1(c3ccccc3-2)c2ccccc2-n2c3ccc4c5ccccc5oc4c3c3cccc1c32. The van der Waals surface area contributed by atoms with E-state index in [9.17, 15) is 0 Å². The lowest BCUT2D eigenvalue weighted by molar-refractivity contribution is 0.673. The van der Waals surface area contributed by atoms with E-state index in [4.69, 9.17) is 4.42 Å². The molecule has 40 heavy (non-hydrogen) atoms. The molecule has 1 aliphatic heterocycles. The Balaban J connectivity index is 1.48. The van der Waals surface area contributed by atoms with Crippen LogP contribution in [0.15, 0.2) is 130 Å². The molecule has 1 aliphatic carbocycles. The van der Waals surface area contributed by atoms with Gasteiger partial charge < -0.3 is 8.98 Å². The van der Waals surface area contributed by atoms with Crippen molar-refractivity contribution in [3.63, 3.8) is 0 Å². The molecule has 0 saturated heterocycles. The van der Waals surface area contributed by atoms with E-state index >= 15 is 0 Å². The molecular formula is C37H20BrNO. The summed E-state index contributed by atoms with van der Waals surface area (Å²) in [4.78, 5) is 0. The molecule has 2 aromatic heterocycles. The lowest BCUT2D eigenvalue weighted by atomic mass is 9.65. The summed E-state index contributed by atoms with van der Waals surface area (Å²) in [6.07, 6.45) is 0. The highest BCUT2D eigenvalue weighted by Crippen LogP contribution is 2.61. The molecule has 2 aliphatic rings. The molecule has 3 heterocycles. The van der Waals surface area contributed by atoms with Crippen LogP contribution in [0.2, 0.25) is 0 Å². The van der Waals surface area contributed by atoms with Crippen molar-refractivity contribution in [1.29, 1.82) is 0 Å². The maximum Gasteiger partial charge on any atom is 0.145 e. The Labute approximate surface area is 238 Å². The molecule has 2 nitrogen and oxygen atoms in total. The van der Waals surface area contributed by atoms with Gasteiger partial charge in [-0.15, -0.1) is 0 Å². The van der Waals surface area contributed by atoms with Gasteiger partial charge in [-0.05, 0) is 69.8 Å². The van der Waals surface area contributed by atoms with Crippen LogP contribution in [0.5, 0.6) is 0 Å². The molecular weight excluding hydrogens is 554 g/mol. The third-order valence-corrected chi connectivity index (χ3v) is 9.75. The molecule has 6 aromatic carbocycles. The number of halogens is 1. The Kier molecular flexibility index (Phi) is 3.78. The van der Waals surface area contributed by atoms with Gasteiger partial charge in [0.15, 0.2) is 0 Å². The predicted octanol–water partition coefficient (Wildman–Crippen LogP) is 10.1. The normalized spacial score (nSPS) is 16.7. The summed E-state index contributed by atoms with van der Waals surface area (Å²) in [5.41, 5.74) is 13.0. The third-order valence-electron chi connectivity index (χ3n) is 9.25. The highest BCUT2D eigenvalue weighted by molar-refractivity contribution is 9.10. The molecule has 3 heteroatoms. The van der Waals surface area contributed by atoms with E-state index in [2.05, 4.69) is 136 Å². The highest BCUT2D eigenvalue weighted by Gasteiger charge is 2.50. The molecule has 0 saturated carbocycles. The number of nitrogens with zero attached hydrogens (tertiary/aromatic N) is 1. The van der Waals surface area contributed by atoms with Gasteiger partial charge in [0, 0.05) is 20.6 Å². The smallest absolute Gasteiger partial charge is 0.145 e. The van der Waals surface area contributed by atoms with Crippen LogP contribution in [0.3, 0.4) is 0 Å². The van der Waals surface area contributed by atoms with Crippen LogP contribution >= 0.6 is 15.9 Å². The molecule has 1 atom stereocenters. The Bertz CT molecular complexity index is 2410.